The number of ether oxygens (including phenoxy) is 1. The summed E-state index contributed by atoms with van der Waals surface area (Å²) in [6, 6.07) is 8.42. The molecule has 1 N–H and O–H groups in total. The third-order valence-electron chi connectivity index (χ3n) is 5.62. The van der Waals surface area contributed by atoms with Crippen molar-refractivity contribution in [1.82, 2.24) is 9.80 Å². The van der Waals surface area contributed by atoms with Gasteiger partial charge in [0.2, 0.25) is 0 Å². The van der Waals surface area contributed by atoms with Crippen LogP contribution < -0.4 is 4.74 Å². The van der Waals surface area contributed by atoms with Crippen molar-refractivity contribution in [3.63, 3.8) is 0 Å². The van der Waals surface area contributed by atoms with Crippen molar-refractivity contribution in [2.75, 3.05) is 33.8 Å². The summed E-state index contributed by atoms with van der Waals surface area (Å²) in [6.07, 6.45) is 3.25. The Morgan fingerprint density at radius 1 is 1.16 bits per heavy atom. The first-order chi connectivity index (χ1) is 15.3. The molecule has 0 spiro atoms. The highest BCUT2D eigenvalue weighted by molar-refractivity contribution is 7.10. The molecular formula is C25H32N2O4S. The van der Waals surface area contributed by atoms with Crippen molar-refractivity contribution in [3.05, 3.63) is 57.3 Å². The van der Waals surface area contributed by atoms with E-state index in [0.717, 1.165) is 35.5 Å². The molecule has 0 aliphatic carbocycles. The number of thiophene rings is 1. The highest BCUT2D eigenvalue weighted by Gasteiger charge is 2.46. The Bertz CT molecular complexity index is 978. The van der Waals surface area contributed by atoms with Crippen molar-refractivity contribution in [3.8, 4) is 5.75 Å². The number of nitrogens with zero attached hydrogens (tertiary/aromatic N) is 2. The van der Waals surface area contributed by atoms with E-state index in [1.54, 1.807) is 29.2 Å². The van der Waals surface area contributed by atoms with Crippen LogP contribution in [-0.4, -0.2) is 60.4 Å². The van der Waals surface area contributed by atoms with Crippen LogP contribution in [0.4, 0.5) is 0 Å². The summed E-state index contributed by atoms with van der Waals surface area (Å²) < 4.78 is 5.74. The van der Waals surface area contributed by atoms with Crippen LogP contribution in [-0.2, 0) is 9.59 Å². The number of aliphatic hydroxyl groups excluding tert-OH is 1. The molecule has 1 aliphatic rings. The molecule has 2 heterocycles. The lowest BCUT2D eigenvalue weighted by Gasteiger charge is -2.26. The van der Waals surface area contributed by atoms with Gasteiger partial charge < -0.3 is 19.6 Å². The number of ketones is 1. The summed E-state index contributed by atoms with van der Waals surface area (Å²) in [4.78, 5) is 30.4. The fraction of sp³-hybridized carbons (Fsp3) is 0.440. The number of unbranched alkanes of at least 4 members (excludes halogenated alkanes) is 2. The van der Waals surface area contributed by atoms with Crippen molar-refractivity contribution in [1.29, 1.82) is 0 Å². The van der Waals surface area contributed by atoms with E-state index in [9.17, 15) is 14.7 Å². The molecule has 1 unspecified atom stereocenters. The molecule has 0 bridgehead atoms. The molecule has 32 heavy (non-hydrogen) atoms. The molecule has 0 radical (unpaired) electrons. The Kier molecular flexibility index (Phi) is 8.10. The van der Waals surface area contributed by atoms with E-state index >= 15 is 0 Å². The zero-order valence-corrected chi connectivity index (χ0v) is 20.1. The lowest BCUT2D eigenvalue weighted by molar-refractivity contribution is -0.140. The number of carbonyl (C=O) groups excluding carboxylic acids is 2. The first-order valence-corrected chi connectivity index (χ1v) is 11.9. The normalized spacial score (nSPS) is 18.0. The minimum atomic E-state index is -0.640. The number of aliphatic hydroxyl groups is 1. The summed E-state index contributed by atoms with van der Waals surface area (Å²) in [7, 11) is 3.85. The van der Waals surface area contributed by atoms with E-state index in [1.165, 1.54) is 11.3 Å². The van der Waals surface area contributed by atoms with Crippen LogP contribution in [0.2, 0.25) is 0 Å². The summed E-state index contributed by atoms with van der Waals surface area (Å²) in [5.74, 6) is -0.637. The molecule has 6 nitrogen and oxygen atoms in total. The summed E-state index contributed by atoms with van der Waals surface area (Å²) in [6.45, 7) is 5.78. The van der Waals surface area contributed by atoms with Gasteiger partial charge in [-0.25, -0.2) is 0 Å². The van der Waals surface area contributed by atoms with E-state index in [4.69, 9.17) is 4.74 Å². The Morgan fingerprint density at radius 2 is 1.88 bits per heavy atom. The van der Waals surface area contributed by atoms with Gasteiger partial charge in [-0.05, 0) is 68.7 Å². The fourth-order valence-corrected chi connectivity index (χ4v) is 4.81. The highest BCUT2D eigenvalue weighted by Crippen LogP contribution is 2.42. The van der Waals surface area contributed by atoms with Gasteiger partial charge in [-0.3, -0.25) is 9.59 Å². The minimum Gasteiger partial charge on any atom is -0.507 e. The quantitative estimate of drug-likeness (QED) is 0.245. The summed E-state index contributed by atoms with van der Waals surface area (Å²) in [5.41, 5.74) is 1.64. The standard InChI is InChI=1S/C25H32N2O4S/c1-5-6-7-15-31-19-10-8-18(9-11-19)22(28)20-21(24-17(2)12-16-32-24)27(14-13-26(3)4)25(30)23(20)29/h8-12,16,21,28H,5-7,13-15H2,1-4H3/b22-20-. The first-order valence-electron chi connectivity index (χ1n) is 11.1. The average molecular weight is 457 g/mol. The Labute approximate surface area is 194 Å². The number of hydrogen-bond donors (Lipinski definition) is 1. The molecule has 1 aromatic carbocycles. The van der Waals surface area contributed by atoms with E-state index in [-0.39, 0.29) is 11.3 Å². The Balaban J connectivity index is 1.94. The number of likely N-dealkylation sites (tertiary alicyclic amines) is 1. The molecule has 1 saturated heterocycles. The van der Waals surface area contributed by atoms with Gasteiger partial charge in [0.25, 0.3) is 11.7 Å². The van der Waals surface area contributed by atoms with Crippen LogP contribution in [0.3, 0.4) is 0 Å². The summed E-state index contributed by atoms with van der Waals surface area (Å²) in [5, 5.41) is 13.1. The van der Waals surface area contributed by atoms with Crippen molar-refractivity contribution in [2.24, 2.45) is 0 Å². The zero-order chi connectivity index (χ0) is 23.3. The van der Waals surface area contributed by atoms with Gasteiger partial charge in [-0.2, -0.15) is 0 Å². The SMILES string of the molecule is CCCCCOc1ccc(/C(O)=C2/C(=O)C(=O)N(CCN(C)C)C2c2sccc2C)cc1. The number of aryl methyl sites for hydroxylation is 1. The van der Waals surface area contributed by atoms with E-state index < -0.39 is 17.7 Å². The molecule has 1 aromatic heterocycles. The van der Waals surface area contributed by atoms with Crippen LogP contribution in [0.15, 0.2) is 41.3 Å². The van der Waals surface area contributed by atoms with Gasteiger partial charge in [0.1, 0.15) is 11.5 Å². The molecule has 1 atom stereocenters. The Morgan fingerprint density at radius 3 is 2.47 bits per heavy atom. The van der Waals surface area contributed by atoms with Crippen LogP contribution >= 0.6 is 11.3 Å². The summed E-state index contributed by atoms with van der Waals surface area (Å²) >= 11 is 1.50. The maximum Gasteiger partial charge on any atom is 0.295 e. The highest BCUT2D eigenvalue weighted by atomic mass is 32.1. The van der Waals surface area contributed by atoms with E-state index in [2.05, 4.69) is 6.92 Å². The predicted molar refractivity (Wildman–Crippen MR) is 128 cm³/mol. The molecule has 7 heteroatoms. The molecule has 172 valence electrons. The number of benzene rings is 1. The molecule has 1 fully saturated rings. The van der Waals surface area contributed by atoms with Crippen molar-refractivity contribution < 1.29 is 19.4 Å². The largest absolute Gasteiger partial charge is 0.507 e. The second-order valence-electron chi connectivity index (χ2n) is 8.34. The predicted octanol–water partition coefficient (Wildman–Crippen LogP) is 4.61. The number of rotatable bonds is 10. The molecule has 1 amide bonds. The minimum absolute atomic E-state index is 0.147. The second-order valence-corrected chi connectivity index (χ2v) is 9.29. The van der Waals surface area contributed by atoms with Crippen LogP contribution in [0.1, 0.15) is 48.2 Å². The van der Waals surface area contributed by atoms with Crippen LogP contribution in [0.25, 0.3) is 5.76 Å². The topological polar surface area (TPSA) is 70.1 Å². The third-order valence-corrected chi connectivity index (χ3v) is 6.69. The zero-order valence-electron chi connectivity index (χ0n) is 19.3. The number of carbonyl (C=O) groups is 2. The number of hydrogen-bond acceptors (Lipinski definition) is 6. The molecule has 1 aliphatic heterocycles. The van der Waals surface area contributed by atoms with Gasteiger partial charge in [0.15, 0.2) is 0 Å². The molecule has 0 saturated carbocycles. The maximum absolute atomic E-state index is 13.0. The molecule has 3 rings (SSSR count). The first kappa shape index (κ1) is 24.0. The van der Waals surface area contributed by atoms with Gasteiger partial charge in [0.05, 0.1) is 18.2 Å². The van der Waals surface area contributed by atoms with E-state index in [0.29, 0.717) is 25.3 Å². The molecule has 2 aromatic rings. The lowest BCUT2D eigenvalue weighted by atomic mass is 9.98. The average Bonchev–Trinajstić information content (AvgIpc) is 3.30. The van der Waals surface area contributed by atoms with Crippen LogP contribution in [0.5, 0.6) is 5.75 Å². The smallest absolute Gasteiger partial charge is 0.295 e. The maximum atomic E-state index is 13.0. The Hall–Kier alpha value is -2.64. The monoisotopic (exact) mass is 456 g/mol. The lowest BCUT2D eigenvalue weighted by Crippen LogP contribution is -2.35. The number of Topliss-reactive ketones (excluding diaryl/α,β-unsaturated/α-hetero) is 1. The van der Waals surface area contributed by atoms with Gasteiger partial charge in [-0.1, -0.05) is 19.8 Å². The number of likely N-dealkylation sites (N-methyl/N-ethyl adjacent to an activating group) is 1. The van der Waals surface area contributed by atoms with Gasteiger partial charge in [0, 0.05) is 23.5 Å². The molecular weight excluding hydrogens is 424 g/mol. The van der Waals surface area contributed by atoms with E-state index in [1.807, 2.05) is 37.4 Å². The van der Waals surface area contributed by atoms with Crippen molar-refractivity contribution in [2.45, 2.75) is 39.2 Å². The number of amides is 1. The third kappa shape index (κ3) is 5.22. The second kappa shape index (κ2) is 10.8. The van der Waals surface area contributed by atoms with Gasteiger partial charge >= 0.3 is 0 Å². The van der Waals surface area contributed by atoms with Gasteiger partial charge in [-0.15, -0.1) is 11.3 Å². The fourth-order valence-electron chi connectivity index (χ4n) is 3.76. The van der Waals surface area contributed by atoms with Crippen LogP contribution in [0, 0.1) is 6.92 Å². The van der Waals surface area contributed by atoms with Crippen molar-refractivity contribution >= 4 is 28.8 Å².